The van der Waals surface area contributed by atoms with Crippen molar-refractivity contribution < 1.29 is 14.3 Å². The first kappa shape index (κ1) is 25.7. The smallest absolute Gasteiger partial charge is 0.257 e. The molecule has 0 heterocycles. The van der Waals surface area contributed by atoms with Crippen molar-refractivity contribution in [1.82, 2.24) is 5.32 Å². The van der Waals surface area contributed by atoms with E-state index < -0.39 is 0 Å². The monoisotopic (exact) mass is 502 g/mol. The first-order chi connectivity index (χ1) is 17.7. The number of benzene rings is 3. The minimum Gasteiger partial charge on any atom is -0.494 e. The van der Waals surface area contributed by atoms with Gasteiger partial charge in [-0.3, -0.25) is 10.1 Å². The first-order valence-electron chi connectivity index (χ1n) is 12.8. The molecule has 188 valence electrons. The summed E-state index contributed by atoms with van der Waals surface area (Å²) >= 11 is 5.34. The van der Waals surface area contributed by atoms with E-state index in [-0.39, 0.29) is 11.0 Å². The molecule has 0 bridgehead atoms. The largest absolute Gasteiger partial charge is 0.494 e. The van der Waals surface area contributed by atoms with Crippen LogP contribution in [0.15, 0.2) is 78.9 Å². The van der Waals surface area contributed by atoms with E-state index >= 15 is 0 Å². The second-order valence-corrected chi connectivity index (χ2v) is 9.59. The molecule has 1 aliphatic carbocycles. The van der Waals surface area contributed by atoms with Crippen molar-refractivity contribution in [2.45, 2.75) is 44.9 Å². The van der Waals surface area contributed by atoms with Gasteiger partial charge in [0.1, 0.15) is 11.5 Å². The zero-order chi connectivity index (χ0) is 25.0. The van der Waals surface area contributed by atoms with Crippen LogP contribution in [0.1, 0.15) is 54.4 Å². The van der Waals surface area contributed by atoms with Gasteiger partial charge in [0.15, 0.2) is 5.11 Å². The summed E-state index contributed by atoms with van der Waals surface area (Å²) < 4.78 is 11.7. The lowest BCUT2D eigenvalue weighted by atomic mass is 9.87. The number of nitrogens with one attached hydrogen (secondary N) is 2. The highest BCUT2D eigenvalue weighted by atomic mass is 32.1. The van der Waals surface area contributed by atoms with Crippen molar-refractivity contribution in [1.29, 1.82) is 0 Å². The van der Waals surface area contributed by atoms with Crippen LogP contribution in [0.2, 0.25) is 0 Å². The Kier molecular flexibility index (Phi) is 9.74. The zero-order valence-electron chi connectivity index (χ0n) is 20.6. The number of thiocarbonyl (C=S) groups is 1. The van der Waals surface area contributed by atoms with Gasteiger partial charge in [-0.1, -0.05) is 68.5 Å². The number of amides is 1. The number of hydrogen-bond donors (Lipinski definition) is 2. The van der Waals surface area contributed by atoms with Crippen LogP contribution in [0, 0.1) is 5.92 Å². The Hall–Kier alpha value is -3.38. The minimum absolute atomic E-state index is 0.237. The van der Waals surface area contributed by atoms with E-state index in [0.29, 0.717) is 17.9 Å². The highest BCUT2D eigenvalue weighted by Crippen LogP contribution is 2.26. The van der Waals surface area contributed by atoms with Crippen LogP contribution in [0.5, 0.6) is 11.5 Å². The highest BCUT2D eigenvalue weighted by molar-refractivity contribution is 7.80. The van der Waals surface area contributed by atoms with E-state index in [1.54, 1.807) is 18.2 Å². The van der Waals surface area contributed by atoms with Gasteiger partial charge in [-0.15, -0.1) is 0 Å². The standard InChI is InChI=1S/C30H34N2O3S/c33-29(25-12-7-13-28(22-25)35-21-19-24-10-5-2-6-11-24)32-30(36)31-26-14-16-27(17-15-26)34-20-18-23-8-3-1-4-9-23/h2,5-7,10-17,22-23H,1,3-4,8-9,18-21H2,(H2,31,32,33,36). The lowest BCUT2D eigenvalue weighted by Gasteiger charge is -2.21. The number of rotatable bonds is 10. The molecule has 0 aliphatic heterocycles. The average Bonchev–Trinajstić information content (AvgIpc) is 2.91. The fourth-order valence-corrected chi connectivity index (χ4v) is 4.66. The van der Waals surface area contributed by atoms with Gasteiger partial charge in [0.2, 0.25) is 0 Å². The predicted molar refractivity (Wildman–Crippen MR) is 149 cm³/mol. The van der Waals surface area contributed by atoms with Crippen LogP contribution in [0.4, 0.5) is 5.69 Å². The van der Waals surface area contributed by atoms with Crippen LogP contribution >= 0.6 is 12.2 Å². The van der Waals surface area contributed by atoms with E-state index in [9.17, 15) is 4.79 Å². The maximum atomic E-state index is 12.7. The Bertz CT molecular complexity index is 1110. The third-order valence-electron chi connectivity index (χ3n) is 6.46. The fraction of sp³-hybridized carbons (Fsp3) is 0.333. The SMILES string of the molecule is O=C(NC(=S)Nc1ccc(OCCC2CCCCC2)cc1)c1cccc(OCCc2ccccc2)c1. The van der Waals surface area contributed by atoms with Crippen LogP contribution < -0.4 is 20.1 Å². The van der Waals surface area contributed by atoms with E-state index in [4.69, 9.17) is 21.7 Å². The number of anilines is 1. The molecule has 0 radical (unpaired) electrons. The second kappa shape index (κ2) is 13.6. The molecule has 6 heteroatoms. The van der Waals surface area contributed by atoms with Crippen molar-refractivity contribution in [2.75, 3.05) is 18.5 Å². The van der Waals surface area contributed by atoms with Crippen LogP contribution in [0.25, 0.3) is 0 Å². The third kappa shape index (κ3) is 8.38. The Morgan fingerprint density at radius 3 is 2.36 bits per heavy atom. The number of ether oxygens (including phenoxy) is 2. The van der Waals surface area contributed by atoms with E-state index in [0.717, 1.165) is 36.8 Å². The molecule has 3 aromatic rings. The molecule has 36 heavy (non-hydrogen) atoms. The molecular weight excluding hydrogens is 468 g/mol. The molecule has 3 aromatic carbocycles. The fourth-order valence-electron chi connectivity index (χ4n) is 4.45. The van der Waals surface area contributed by atoms with Gasteiger partial charge < -0.3 is 14.8 Å². The number of hydrogen-bond acceptors (Lipinski definition) is 4. The Labute approximate surface area is 219 Å². The van der Waals surface area contributed by atoms with Gasteiger partial charge in [0.05, 0.1) is 13.2 Å². The molecule has 1 saturated carbocycles. The maximum Gasteiger partial charge on any atom is 0.257 e. The Morgan fingerprint density at radius 2 is 1.58 bits per heavy atom. The second-order valence-electron chi connectivity index (χ2n) is 9.19. The quantitative estimate of drug-likeness (QED) is 0.299. The topological polar surface area (TPSA) is 59.6 Å². The average molecular weight is 503 g/mol. The Morgan fingerprint density at radius 1 is 0.833 bits per heavy atom. The Balaban J connectivity index is 1.19. The van der Waals surface area contributed by atoms with Gasteiger partial charge in [-0.05, 0) is 72.6 Å². The lowest BCUT2D eigenvalue weighted by Crippen LogP contribution is -2.34. The van der Waals surface area contributed by atoms with Crippen molar-refractivity contribution >= 4 is 28.9 Å². The minimum atomic E-state index is -0.288. The maximum absolute atomic E-state index is 12.7. The van der Waals surface area contributed by atoms with E-state index in [1.165, 1.54) is 37.7 Å². The van der Waals surface area contributed by atoms with Crippen molar-refractivity contribution in [3.63, 3.8) is 0 Å². The van der Waals surface area contributed by atoms with Crippen molar-refractivity contribution in [3.8, 4) is 11.5 Å². The van der Waals surface area contributed by atoms with E-state index in [2.05, 4.69) is 22.8 Å². The molecule has 1 amide bonds. The van der Waals surface area contributed by atoms with Crippen LogP contribution in [0.3, 0.4) is 0 Å². The van der Waals surface area contributed by atoms with Gasteiger partial charge >= 0.3 is 0 Å². The molecule has 2 N–H and O–H groups in total. The highest BCUT2D eigenvalue weighted by Gasteiger charge is 2.13. The molecule has 0 atom stereocenters. The summed E-state index contributed by atoms with van der Waals surface area (Å²) in [5, 5.41) is 6.03. The summed E-state index contributed by atoms with van der Waals surface area (Å²) in [5.74, 6) is 2.01. The van der Waals surface area contributed by atoms with Gasteiger partial charge in [0, 0.05) is 17.7 Å². The van der Waals surface area contributed by atoms with Gasteiger partial charge in [0.25, 0.3) is 5.91 Å². The van der Waals surface area contributed by atoms with Crippen LogP contribution in [-0.2, 0) is 6.42 Å². The summed E-state index contributed by atoms with van der Waals surface area (Å²) in [6, 6.07) is 24.9. The molecule has 0 aromatic heterocycles. The van der Waals surface area contributed by atoms with Gasteiger partial charge in [-0.2, -0.15) is 0 Å². The summed E-state index contributed by atoms with van der Waals surface area (Å²) in [7, 11) is 0. The van der Waals surface area contributed by atoms with Crippen molar-refractivity contribution in [2.24, 2.45) is 5.92 Å². The van der Waals surface area contributed by atoms with E-state index in [1.807, 2.05) is 48.5 Å². The normalized spacial score (nSPS) is 13.6. The molecule has 5 nitrogen and oxygen atoms in total. The first-order valence-corrected chi connectivity index (χ1v) is 13.2. The molecule has 1 fully saturated rings. The predicted octanol–water partition coefficient (Wildman–Crippen LogP) is 6.78. The number of carbonyl (C=O) groups excluding carboxylic acids is 1. The summed E-state index contributed by atoms with van der Waals surface area (Å²) in [5.41, 5.74) is 2.48. The molecule has 0 spiro atoms. The molecule has 4 rings (SSSR count). The number of carbonyl (C=O) groups is 1. The lowest BCUT2D eigenvalue weighted by molar-refractivity contribution is 0.0977. The molecular formula is C30H34N2O3S. The summed E-state index contributed by atoms with van der Waals surface area (Å²) in [6.45, 7) is 1.29. The molecule has 0 unspecified atom stereocenters. The summed E-state index contributed by atoms with van der Waals surface area (Å²) in [4.78, 5) is 12.7. The summed E-state index contributed by atoms with van der Waals surface area (Å²) in [6.07, 6.45) is 8.68. The van der Waals surface area contributed by atoms with Crippen molar-refractivity contribution in [3.05, 3.63) is 90.0 Å². The molecule has 0 saturated heterocycles. The zero-order valence-corrected chi connectivity index (χ0v) is 21.4. The molecule has 1 aliphatic rings. The van der Waals surface area contributed by atoms with Crippen LogP contribution in [-0.4, -0.2) is 24.2 Å². The van der Waals surface area contributed by atoms with Gasteiger partial charge in [-0.25, -0.2) is 0 Å². The third-order valence-corrected chi connectivity index (χ3v) is 6.66.